The van der Waals surface area contributed by atoms with E-state index in [1.807, 2.05) is 0 Å². The normalized spacial score (nSPS) is 12.5. The predicted octanol–water partition coefficient (Wildman–Crippen LogP) is 1.79. The van der Waals surface area contributed by atoms with Gasteiger partial charge in [-0.1, -0.05) is 0 Å². The van der Waals surface area contributed by atoms with Crippen molar-refractivity contribution in [1.29, 1.82) is 0 Å². The third-order valence-corrected chi connectivity index (χ3v) is 1.90. The van der Waals surface area contributed by atoms with E-state index in [2.05, 4.69) is 4.67 Å². The number of hydrogen-bond donors (Lipinski definition) is 3. The van der Waals surface area contributed by atoms with Crippen LogP contribution in [0.3, 0.4) is 0 Å². The van der Waals surface area contributed by atoms with Crippen LogP contribution >= 0.6 is 8.60 Å². The Hall–Kier alpha value is -0.870. The molecule has 0 radical (unpaired) electrons. The molecule has 0 amide bonds. The molecule has 1 rings (SSSR count). The number of hydrogen-bond acceptors (Lipinski definition) is 5. The maximum absolute atomic E-state index is 9.04. The molecule has 0 saturated heterocycles. The molecule has 0 saturated carbocycles. The van der Waals surface area contributed by atoms with Crippen LogP contribution in [0.4, 0.5) is 0 Å². The van der Waals surface area contributed by atoms with E-state index in [0.717, 1.165) is 0 Å². The molecule has 1 unspecified atom stereocenters. The van der Waals surface area contributed by atoms with E-state index < -0.39 is 8.60 Å². The van der Waals surface area contributed by atoms with E-state index in [9.17, 15) is 0 Å². The second-order valence-electron chi connectivity index (χ2n) is 2.36. The first-order valence-corrected chi connectivity index (χ1v) is 4.54. The standard InChI is InChI=1S/C7H9O5P/c1-5-4-6(8)2-3-7(5)11-13(10)12-9/h2-4,8-10H,1H3. The summed E-state index contributed by atoms with van der Waals surface area (Å²) in [7, 11) is -2.31. The Bertz CT molecular complexity index is 290. The maximum Gasteiger partial charge on any atom is 0.424 e. The molecule has 0 bridgehead atoms. The van der Waals surface area contributed by atoms with Crippen LogP contribution in [-0.2, 0) is 4.67 Å². The number of phenolic OH excluding ortho intramolecular Hbond substituents is 1. The Kier molecular flexibility index (Phi) is 3.45. The minimum Gasteiger partial charge on any atom is -0.508 e. The lowest BCUT2D eigenvalue weighted by atomic mass is 10.2. The van der Waals surface area contributed by atoms with Gasteiger partial charge in [-0.15, -0.1) is 4.67 Å². The van der Waals surface area contributed by atoms with Gasteiger partial charge in [0.2, 0.25) is 0 Å². The van der Waals surface area contributed by atoms with Crippen molar-refractivity contribution in [2.45, 2.75) is 6.92 Å². The molecule has 0 aliphatic carbocycles. The molecule has 0 fully saturated rings. The molecule has 13 heavy (non-hydrogen) atoms. The quantitative estimate of drug-likeness (QED) is 0.397. The minimum atomic E-state index is -2.31. The summed E-state index contributed by atoms with van der Waals surface area (Å²) in [5.41, 5.74) is 0.638. The van der Waals surface area contributed by atoms with Crippen LogP contribution in [0.1, 0.15) is 5.56 Å². The van der Waals surface area contributed by atoms with Gasteiger partial charge in [0.05, 0.1) is 0 Å². The van der Waals surface area contributed by atoms with Crippen LogP contribution in [0.5, 0.6) is 11.5 Å². The van der Waals surface area contributed by atoms with Crippen LogP contribution in [0.25, 0.3) is 0 Å². The van der Waals surface area contributed by atoms with Gasteiger partial charge in [-0.25, -0.2) is 5.26 Å². The Morgan fingerprint density at radius 3 is 2.62 bits per heavy atom. The molecule has 5 nitrogen and oxygen atoms in total. The maximum atomic E-state index is 9.04. The highest BCUT2D eigenvalue weighted by molar-refractivity contribution is 7.40. The third kappa shape index (κ3) is 2.82. The number of benzene rings is 1. The van der Waals surface area contributed by atoms with Gasteiger partial charge in [0, 0.05) is 0 Å². The lowest BCUT2D eigenvalue weighted by Crippen LogP contribution is -1.90. The first-order valence-electron chi connectivity index (χ1n) is 3.41. The molecule has 0 heterocycles. The molecular formula is C7H9O5P. The zero-order chi connectivity index (χ0) is 9.84. The summed E-state index contributed by atoms with van der Waals surface area (Å²) >= 11 is 0. The fourth-order valence-electron chi connectivity index (χ4n) is 0.837. The van der Waals surface area contributed by atoms with Gasteiger partial charge in [0.15, 0.2) is 0 Å². The average Bonchev–Trinajstić information content (AvgIpc) is 2.09. The summed E-state index contributed by atoms with van der Waals surface area (Å²) in [6.07, 6.45) is 0. The molecular weight excluding hydrogens is 195 g/mol. The first kappa shape index (κ1) is 10.2. The van der Waals surface area contributed by atoms with E-state index in [1.165, 1.54) is 18.2 Å². The molecule has 6 heteroatoms. The van der Waals surface area contributed by atoms with Crippen molar-refractivity contribution in [2.24, 2.45) is 0 Å². The molecule has 1 aromatic carbocycles. The molecule has 0 spiro atoms. The summed E-state index contributed by atoms with van der Waals surface area (Å²) in [5.74, 6) is 0.456. The van der Waals surface area contributed by atoms with Crippen molar-refractivity contribution in [3.05, 3.63) is 23.8 Å². The Morgan fingerprint density at radius 2 is 2.08 bits per heavy atom. The SMILES string of the molecule is Cc1cc(O)ccc1OP(O)OO. The van der Waals surface area contributed by atoms with Gasteiger partial charge < -0.3 is 14.5 Å². The van der Waals surface area contributed by atoms with Crippen molar-refractivity contribution in [1.82, 2.24) is 0 Å². The van der Waals surface area contributed by atoms with Crippen molar-refractivity contribution >= 4 is 8.60 Å². The van der Waals surface area contributed by atoms with Gasteiger partial charge in [0.1, 0.15) is 11.5 Å². The molecule has 3 N–H and O–H groups in total. The summed E-state index contributed by atoms with van der Waals surface area (Å²) < 4.78 is 8.36. The van der Waals surface area contributed by atoms with Crippen LogP contribution in [0.2, 0.25) is 0 Å². The van der Waals surface area contributed by atoms with Crippen molar-refractivity contribution in [2.75, 3.05) is 0 Å². The second kappa shape index (κ2) is 4.39. The topological polar surface area (TPSA) is 79.2 Å². The van der Waals surface area contributed by atoms with Gasteiger partial charge in [0.25, 0.3) is 0 Å². The Labute approximate surface area is 76.1 Å². The predicted molar refractivity (Wildman–Crippen MR) is 46.3 cm³/mol. The fraction of sp³-hybridized carbons (Fsp3) is 0.143. The lowest BCUT2D eigenvalue weighted by Gasteiger charge is -2.09. The van der Waals surface area contributed by atoms with E-state index >= 15 is 0 Å². The van der Waals surface area contributed by atoms with Crippen molar-refractivity contribution in [3.8, 4) is 11.5 Å². The average molecular weight is 204 g/mol. The summed E-state index contributed by atoms with van der Waals surface area (Å²) in [4.78, 5) is 8.81. The van der Waals surface area contributed by atoms with Crippen LogP contribution in [0, 0.1) is 6.92 Å². The molecule has 1 aromatic rings. The monoisotopic (exact) mass is 204 g/mol. The highest BCUT2D eigenvalue weighted by Crippen LogP contribution is 2.36. The van der Waals surface area contributed by atoms with Crippen molar-refractivity contribution in [3.63, 3.8) is 0 Å². The summed E-state index contributed by atoms with van der Waals surface area (Å²) in [6.45, 7) is 1.69. The highest BCUT2D eigenvalue weighted by atomic mass is 31.2. The molecule has 0 aliphatic rings. The van der Waals surface area contributed by atoms with Gasteiger partial charge in [-0.05, 0) is 30.7 Å². The fourth-order valence-corrected chi connectivity index (χ4v) is 1.24. The van der Waals surface area contributed by atoms with Gasteiger partial charge in [-0.2, -0.15) is 0 Å². The number of rotatable bonds is 3. The zero-order valence-corrected chi connectivity index (χ0v) is 7.73. The summed E-state index contributed by atoms with van der Waals surface area (Å²) in [5, 5.41) is 17.1. The van der Waals surface area contributed by atoms with E-state index in [0.29, 0.717) is 11.3 Å². The van der Waals surface area contributed by atoms with E-state index in [-0.39, 0.29) is 5.75 Å². The minimum absolute atomic E-state index is 0.108. The van der Waals surface area contributed by atoms with E-state index in [1.54, 1.807) is 6.92 Å². The van der Waals surface area contributed by atoms with Gasteiger partial charge in [-0.3, -0.25) is 0 Å². The summed E-state index contributed by atoms with van der Waals surface area (Å²) in [6, 6.07) is 4.34. The van der Waals surface area contributed by atoms with Crippen molar-refractivity contribution < 1.29 is 24.5 Å². The molecule has 72 valence electrons. The zero-order valence-electron chi connectivity index (χ0n) is 6.84. The molecule has 0 aromatic heterocycles. The lowest BCUT2D eigenvalue weighted by molar-refractivity contribution is -0.144. The number of phenols is 1. The largest absolute Gasteiger partial charge is 0.508 e. The first-order chi connectivity index (χ1) is 6.13. The van der Waals surface area contributed by atoms with Crippen LogP contribution < -0.4 is 4.52 Å². The Balaban J connectivity index is 2.77. The highest BCUT2D eigenvalue weighted by Gasteiger charge is 2.10. The third-order valence-electron chi connectivity index (χ3n) is 1.40. The molecule has 1 atom stereocenters. The van der Waals surface area contributed by atoms with Gasteiger partial charge >= 0.3 is 8.60 Å². The van der Waals surface area contributed by atoms with Crippen LogP contribution in [0.15, 0.2) is 18.2 Å². The van der Waals surface area contributed by atoms with E-state index in [4.69, 9.17) is 19.8 Å². The number of aryl methyl sites for hydroxylation is 1. The van der Waals surface area contributed by atoms with Crippen LogP contribution in [-0.4, -0.2) is 15.3 Å². The smallest absolute Gasteiger partial charge is 0.424 e. The number of aromatic hydroxyl groups is 1. The Morgan fingerprint density at radius 1 is 1.38 bits per heavy atom. The second-order valence-corrected chi connectivity index (χ2v) is 3.18. The molecule has 0 aliphatic heterocycles.